The average molecular weight is 381 g/mol. The van der Waals surface area contributed by atoms with Crippen LogP contribution in [0.25, 0.3) is 0 Å². The molecule has 0 saturated carbocycles. The van der Waals surface area contributed by atoms with E-state index in [0.717, 1.165) is 4.31 Å². The highest BCUT2D eigenvalue weighted by Crippen LogP contribution is 2.28. The number of furan rings is 1. The third kappa shape index (κ3) is 4.41. The number of methoxy groups -OCH3 is 1. The molecule has 0 spiro atoms. The lowest BCUT2D eigenvalue weighted by Crippen LogP contribution is -2.32. The van der Waals surface area contributed by atoms with Crippen LogP contribution in [0.1, 0.15) is 10.6 Å². The molecule has 0 fully saturated rings. The maximum atomic E-state index is 12.4. The summed E-state index contributed by atoms with van der Waals surface area (Å²) in [6.07, 6.45) is 1.35. The van der Waals surface area contributed by atoms with Crippen LogP contribution < -0.4 is 15.4 Å². The molecule has 0 aliphatic carbocycles. The fourth-order valence-corrected chi connectivity index (χ4v) is 3.09. The maximum Gasteiger partial charge on any atom is 0.287 e. The molecular weight excluding hydrogens is 362 g/mol. The van der Waals surface area contributed by atoms with Crippen LogP contribution >= 0.6 is 0 Å². The lowest BCUT2D eigenvalue weighted by Gasteiger charge is -2.16. The molecule has 0 aliphatic rings. The Kier molecular flexibility index (Phi) is 6.01. The van der Waals surface area contributed by atoms with Gasteiger partial charge in [0.25, 0.3) is 5.91 Å². The summed E-state index contributed by atoms with van der Waals surface area (Å²) in [6.45, 7) is -0.304. The Morgan fingerprint density at radius 1 is 1.23 bits per heavy atom. The Labute approximate surface area is 151 Å². The minimum Gasteiger partial charge on any atom is -0.495 e. The van der Waals surface area contributed by atoms with Gasteiger partial charge in [-0.15, -0.1) is 0 Å². The van der Waals surface area contributed by atoms with Crippen molar-refractivity contribution in [3.8, 4) is 5.75 Å². The molecular formula is C16H19N3O6S. The minimum absolute atomic E-state index is 0.0811. The Morgan fingerprint density at radius 2 is 1.96 bits per heavy atom. The fourth-order valence-electron chi connectivity index (χ4n) is 2.01. The van der Waals surface area contributed by atoms with E-state index in [1.165, 1.54) is 51.7 Å². The predicted molar refractivity (Wildman–Crippen MR) is 93.5 cm³/mol. The number of nitrogens with zero attached hydrogens (tertiary/aromatic N) is 1. The van der Waals surface area contributed by atoms with E-state index >= 15 is 0 Å². The quantitative estimate of drug-likeness (QED) is 0.736. The molecule has 140 valence electrons. The van der Waals surface area contributed by atoms with Gasteiger partial charge in [-0.05, 0) is 30.3 Å². The number of hydrogen-bond acceptors (Lipinski definition) is 6. The van der Waals surface area contributed by atoms with Gasteiger partial charge in [0.05, 0.1) is 19.9 Å². The standard InChI is InChI=1S/C16H19N3O6S/c1-19(2)26(22,23)14-9-11(6-7-12(14)24-3)18-15(20)10-17-16(21)13-5-4-8-25-13/h4-9H,10H2,1-3H3,(H,17,21)(H,18,20). The van der Waals surface area contributed by atoms with E-state index < -0.39 is 21.8 Å². The van der Waals surface area contributed by atoms with E-state index in [-0.39, 0.29) is 28.6 Å². The van der Waals surface area contributed by atoms with Crippen molar-refractivity contribution in [3.05, 3.63) is 42.4 Å². The summed E-state index contributed by atoms with van der Waals surface area (Å²) < 4.78 is 35.8. The molecule has 2 aromatic rings. The summed E-state index contributed by atoms with van der Waals surface area (Å²) in [6, 6.07) is 7.25. The zero-order chi connectivity index (χ0) is 19.3. The van der Waals surface area contributed by atoms with Gasteiger partial charge in [-0.1, -0.05) is 0 Å². The van der Waals surface area contributed by atoms with Gasteiger partial charge in [-0.3, -0.25) is 9.59 Å². The van der Waals surface area contributed by atoms with Crippen LogP contribution in [-0.2, 0) is 14.8 Å². The number of nitrogens with one attached hydrogen (secondary N) is 2. The summed E-state index contributed by atoms with van der Waals surface area (Å²) in [5, 5.41) is 4.92. The summed E-state index contributed by atoms with van der Waals surface area (Å²) in [4.78, 5) is 23.6. The van der Waals surface area contributed by atoms with Crippen molar-refractivity contribution in [3.63, 3.8) is 0 Å². The van der Waals surface area contributed by atoms with Crippen LogP contribution in [0.15, 0.2) is 45.9 Å². The molecule has 2 rings (SSSR count). The Morgan fingerprint density at radius 3 is 2.54 bits per heavy atom. The highest BCUT2D eigenvalue weighted by atomic mass is 32.2. The van der Waals surface area contributed by atoms with Gasteiger partial charge >= 0.3 is 0 Å². The molecule has 0 bridgehead atoms. The van der Waals surface area contributed by atoms with Crippen LogP contribution in [0.5, 0.6) is 5.75 Å². The van der Waals surface area contributed by atoms with Gasteiger partial charge in [-0.25, -0.2) is 12.7 Å². The van der Waals surface area contributed by atoms with Crippen molar-refractivity contribution in [1.82, 2.24) is 9.62 Å². The first kappa shape index (κ1) is 19.5. The number of hydrogen-bond donors (Lipinski definition) is 2. The molecule has 0 aliphatic heterocycles. The smallest absolute Gasteiger partial charge is 0.287 e. The van der Waals surface area contributed by atoms with Crippen molar-refractivity contribution >= 4 is 27.5 Å². The number of benzene rings is 1. The Balaban J connectivity index is 2.09. The van der Waals surface area contributed by atoms with E-state index in [2.05, 4.69) is 10.6 Å². The molecule has 0 unspecified atom stereocenters. The number of sulfonamides is 1. The zero-order valence-corrected chi connectivity index (χ0v) is 15.3. The summed E-state index contributed by atoms with van der Waals surface area (Å²) in [7, 11) is 0.381. The maximum absolute atomic E-state index is 12.4. The van der Waals surface area contributed by atoms with E-state index in [1.54, 1.807) is 6.07 Å². The molecule has 0 saturated heterocycles. The van der Waals surface area contributed by atoms with Gasteiger partial charge in [0.1, 0.15) is 10.6 Å². The number of amides is 2. The summed E-state index contributed by atoms with van der Waals surface area (Å²) in [5.74, 6) is -0.816. The molecule has 10 heteroatoms. The molecule has 2 N–H and O–H groups in total. The SMILES string of the molecule is COc1ccc(NC(=O)CNC(=O)c2ccco2)cc1S(=O)(=O)N(C)C. The number of carbonyl (C=O) groups is 2. The zero-order valence-electron chi connectivity index (χ0n) is 14.5. The molecule has 26 heavy (non-hydrogen) atoms. The van der Waals surface area contributed by atoms with Gasteiger partial charge in [0.15, 0.2) is 5.76 Å². The van der Waals surface area contributed by atoms with Crippen LogP contribution in [0.4, 0.5) is 5.69 Å². The minimum atomic E-state index is -3.76. The second kappa shape index (κ2) is 8.02. The highest BCUT2D eigenvalue weighted by molar-refractivity contribution is 7.89. The normalized spacial score (nSPS) is 11.2. The predicted octanol–water partition coefficient (Wildman–Crippen LogP) is 0.907. The van der Waals surface area contributed by atoms with E-state index in [1.807, 2.05) is 0 Å². The van der Waals surface area contributed by atoms with Crippen LogP contribution in [-0.4, -0.2) is 52.3 Å². The second-order valence-electron chi connectivity index (χ2n) is 5.36. The van der Waals surface area contributed by atoms with Crippen molar-refractivity contribution in [2.24, 2.45) is 0 Å². The number of anilines is 1. The lowest BCUT2D eigenvalue weighted by molar-refractivity contribution is -0.115. The van der Waals surface area contributed by atoms with Gasteiger partial charge in [0, 0.05) is 19.8 Å². The van der Waals surface area contributed by atoms with E-state index in [0.29, 0.717) is 0 Å². The molecule has 0 atom stereocenters. The Hall–Kier alpha value is -2.85. The topological polar surface area (TPSA) is 118 Å². The van der Waals surface area contributed by atoms with Gasteiger partial charge in [-0.2, -0.15) is 0 Å². The number of ether oxygens (including phenoxy) is 1. The second-order valence-corrected chi connectivity index (χ2v) is 7.48. The number of carbonyl (C=O) groups excluding carboxylic acids is 2. The molecule has 2 amide bonds. The largest absolute Gasteiger partial charge is 0.495 e. The Bertz CT molecular complexity index is 891. The third-order valence-electron chi connectivity index (χ3n) is 3.36. The first-order valence-corrected chi connectivity index (χ1v) is 8.92. The molecule has 0 radical (unpaired) electrons. The van der Waals surface area contributed by atoms with E-state index in [4.69, 9.17) is 9.15 Å². The van der Waals surface area contributed by atoms with Crippen LogP contribution in [0.2, 0.25) is 0 Å². The molecule has 1 aromatic carbocycles. The highest BCUT2D eigenvalue weighted by Gasteiger charge is 2.23. The summed E-state index contributed by atoms with van der Waals surface area (Å²) >= 11 is 0. The third-order valence-corrected chi connectivity index (χ3v) is 5.20. The first-order chi connectivity index (χ1) is 12.3. The summed E-state index contributed by atoms with van der Waals surface area (Å²) in [5.41, 5.74) is 0.253. The molecule has 1 aromatic heterocycles. The van der Waals surface area contributed by atoms with Crippen molar-refractivity contribution in [2.75, 3.05) is 33.1 Å². The average Bonchev–Trinajstić information content (AvgIpc) is 3.14. The molecule has 1 heterocycles. The van der Waals surface area contributed by atoms with Crippen LogP contribution in [0, 0.1) is 0 Å². The molecule has 9 nitrogen and oxygen atoms in total. The lowest BCUT2D eigenvalue weighted by atomic mass is 10.3. The monoisotopic (exact) mass is 381 g/mol. The fraction of sp³-hybridized carbons (Fsp3) is 0.250. The van der Waals surface area contributed by atoms with Crippen molar-refractivity contribution in [2.45, 2.75) is 4.90 Å². The number of rotatable bonds is 7. The first-order valence-electron chi connectivity index (χ1n) is 7.48. The van der Waals surface area contributed by atoms with Crippen molar-refractivity contribution in [1.29, 1.82) is 0 Å². The van der Waals surface area contributed by atoms with E-state index in [9.17, 15) is 18.0 Å². The van der Waals surface area contributed by atoms with Crippen molar-refractivity contribution < 1.29 is 27.2 Å². The van der Waals surface area contributed by atoms with Crippen LogP contribution in [0.3, 0.4) is 0 Å². The van der Waals surface area contributed by atoms with Gasteiger partial charge < -0.3 is 19.8 Å². The van der Waals surface area contributed by atoms with Gasteiger partial charge in [0.2, 0.25) is 15.9 Å².